The van der Waals surface area contributed by atoms with Gasteiger partial charge in [0.2, 0.25) is 0 Å². The van der Waals surface area contributed by atoms with Gasteiger partial charge in [-0.15, -0.1) is 0 Å². The van der Waals surface area contributed by atoms with Crippen LogP contribution in [0.2, 0.25) is 0 Å². The molecule has 3 aromatic carbocycles. The molecule has 3 nitrogen and oxygen atoms in total. The zero-order valence-electron chi connectivity index (χ0n) is 15.7. The highest BCUT2D eigenvalue weighted by Crippen LogP contribution is 2.53. The lowest BCUT2D eigenvalue weighted by atomic mass is 9.81. The van der Waals surface area contributed by atoms with E-state index in [0.29, 0.717) is 16.8 Å². The van der Waals surface area contributed by atoms with E-state index in [4.69, 9.17) is 0 Å². The van der Waals surface area contributed by atoms with E-state index in [1.54, 1.807) is 18.2 Å². The summed E-state index contributed by atoms with van der Waals surface area (Å²) in [5, 5.41) is 20.7. The van der Waals surface area contributed by atoms with Crippen LogP contribution >= 0.6 is 0 Å². The zero-order valence-corrected chi connectivity index (χ0v) is 15.7. The lowest BCUT2D eigenvalue weighted by Gasteiger charge is -2.21. The fourth-order valence-corrected chi connectivity index (χ4v) is 4.69. The third-order valence-corrected chi connectivity index (χ3v) is 5.86. The van der Waals surface area contributed by atoms with Gasteiger partial charge in [-0.05, 0) is 29.3 Å². The first-order valence-electron chi connectivity index (χ1n) is 9.27. The van der Waals surface area contributed by atoms with E-state index in [1.165, 1.54) is 11.1 Å². The summed E-state index contributed by atoms with van der Waals surface area (Å²) in [4.78, 5) is 0. The van der Waals surface area contributed by atoms with Crippen LogP contribution in [0.15, 0.2) is 66.7 Å². The highest BCUT2D eigenvalue weighted by atomic mass is 15.0. The highest BCUT2D eigenvalue weighted by molar-refractivity contribution is 5.99. The van der Waals surface area contributed by atoms with Crippen LogP contribution in [0.25, 0.3) is 27.8 Å². The van der Waals surface area contributed by atoms with Crippen molar-refractivity contribution in [2.24, 2.45) is 0 Å². The monoisotopic (exact) mass is 359 g/mol. The maximum absolute atomic E-state index is 9.78. The second-order valence-electron chi connectivity index (χ2n) is 7.67. The van der Waals surface area contributed by atoms with Crippen LogP contribution in [0.3, 0.4) is 0 Å². The van der Waals surface area contributed by atoms with Crippen molar-refractivity contribution >= 4 is 10.9 Å². The summed E-state index contributed by atoms with van der Waals surface area (Å²) in [7, 11) is 0. The Kier molecular flexibility index (Phi) is 3.26. The molecule has 0 saturated carbocycles. The molecule has 0 aliphatic heterocycles. The van der Waals surface area contributed by atoms with E-state index >= 15 is 0 Å². The van der Waals surface area contributed by atoms with Crippen molar-refractivity contribution < 1.29 is 0 Å². The normalized spacial score (nSPS) is 13.6. The van der Waals surface area contributed by atoms with Gasteiger partial charge in [-0.1, -0.05) is 62.4 Å². The van der Waals surface area contributed by atoms with Crippen LogP contribution in [0.4, 0.5) is 0 Å². The molecule has 0 saturated heterocycles. The van der Waals surface area contributed by atoms with Crippen molar-refractivity contribution in [2.75, 3.05) is 0 Å². The second-order valence-corrected chi connectivity index (χ2v) is 7.67. The van der Waals surface area contributed by atoms with Gasteiger partial charge in [-0.3, -0.25) is 0 Å². The molecule has 5 rings (SSSR count). The number of fused-ring (bicyclic) bond motifs is 5. The zero-order chi connectivity index (χ0) is 19.5. The summed E-state index contributed by atoms with van der Waals surface area (Å²) < 4.78 is 2.12. The molecule has 132 valence electrons. The van der Waals surface area contributed by atoms with Crippen molar-refractivity contribution in [2.45, 2.75) is 19.3 Å². The quantitative estimate of drug-likeness (QED) is 0.439. The van der Waals surface area contributed by atoms with Gasteiger partial charge in [0.1, 0.15) is 12.1 Å². The first kappa shape index (κ1) is 16.4. The van der Waals surface area contributed by atoms with Crippen LogP contribution in [-0.2, 0) is 5.41 Å². The fraction of sp³-hybridized carbons (Fsp3) is 0.120. The first-order chi connectivity index (χ1) is 13.6. The molecular weight excluding hydrogens is 342 g/mol. The van der Waals surface area contributed by atoms with Crippen molar-refractivity contribution in [3.05, 3.63) is 89.0 Å². The molecule has 28 heavy (non-hydrogen) atoms. The Morgan fingerprint density at radius 2 is 1.43 bits per heavy atom. The number of benzene rings is 3. The van der Waals surface area contributed by atoms with Gasteiger partial charge in [0.25, 0.3) is 0 Å². The van der Waals surface area contributed by atoms with E-state index in [1.807, 2.05) is 18.2 Å². The lowest BCUT2D eigenvalue weighted by molar-refractivity contribution is 0.666. The first-order valence-corrected chi connectivity index (χ1v) is 9.27. The van der Waals surface area contributed by atoms with Crippen molar-refractivity contribution in [3.63, 3.8) is 0 Å². The number of hydrogen-bond acceptors (Lipinski definition) is 2. The molecule has 4 aromatic rings. The number of aromatic nitrogens is 1. The van der Waals surface area contributed by atoms with Gasteiger partial charge in [-0.25, -0.2) is 0 Å². The topological polar surface area (TPSA) is 52.5 Å². The van der Waals surface area contributed by atoms with Gasteiger partial charge in [0.05, 0.1) is 28.0 Å². The number of para-hydroxylation sites is 2. The largest absolute Gasteiger partial charge is 0.306 e. The molecule has 0 spiro atoms. The predicted molar refractivity (Wildman–Crippen MR) is 110 cm³/mol. The molecular formula is C25H17N3. The average Bonchev–Trinajstić information content (AvgIpc) is 3.19. The highest BCUT2D eigenvalue weighted by Gasteiger charge is 2.40. The van der Waals surface area contributed by atoms with E-state index < -0.39 is 0 Å². The number of nitriles is 2. The maximum Gasteiger partial charge on any atom is 0.101 e. The molecule has 3 heteroatoms. The maximum atomic E-state index is 9.78. The molecule has 0 N–H and O–H groups in total. The Hall–Kier alpha value is -3.82. The van der Waals surface area contributed by atoms with Crippen LogP contribution in [0, 0.1) is 22.7 Å². The molecule has 0 bridgehead atoms. The minimum atomic E-state index is -0.162. The van der Waals surface area contributed by atoms with Gasteiger partial charge in [0.15, 0.2) is 0 Å². The van der Waals surface area contributed by atoms with Crippen molar-refractivity contribution in [1.29, 1.82) is 10.5 Å². The molecule has 1 heterocycles. The number of hydrogen-bond donors (Lipinski definition) is 0. The minimum Gasteiger partial charge on any atom is -0.306 e. The smallest absolute Gasteiger partial charge is 0.101 e. The second kappa shape index (κ2) is 5.59. The summed E-state index contributed by atoms with van der Waals surface area (Å²) >= 11 is 0. The minimum absolute atomic E-state index is 0.162. The SMILES string of the molecule is CC1(C)c2ccccc2-c2c1c1ccccc1n2-c1c(C#N)cccc1C#N. The van der Waals surface area contributed by atoms with Crippen LogP contribution in [-0.4, -0.2) is 4.57 Å². The Bertz CT molecular complexity index is 1320. The molecule has 1 aliphatic rings. The van der Waals surface area contributed by atoms with Crippen molar-refractivity contribution in [3.8, 4) is 29.1 Å². The average molecular weight is 359 g/mol. The Morgan fingerprint density at radius 1 is 0.786 bits per heavy atom. The summed E-state index contributed by atoms with van der Waals surface area (Å²) in [6.45, 7) is 4.49. The summed E-state index contributed by atoms with van der Waals surface area (Å²) in [6.07, 6.45) is 0. The van der Waals surface area contributed by atoms with Crippen LogP contribution < -0.4 is 0 Å². The molecule has 1 aliphatic carbocycles. The van der Waals surface area contributed by atoms with Crippen LogP contribution in [0.1, 0.15) is 36.1 Å². The Morgan fingerprint density at radius 3 is 2.14 bits per heavy atom. The van der Waals surface area contributed by atoms with E-state index in [2.05, 4.69) is 60.9 Å². The molecule has 0 fully saturated rings. The van der Waals surface area contributed by atoms with Gasteiger partial charge in [0, 0.05) is 16.4 Å². The van der Waals surface area contributed by atoms with E-state index in [9.17, 15) is 10.5 Å². The standard InChI is InChI=1S/C25H17N3/c1-25(2)20-12-5-3-10-18(20)24-22(25)19-11-4-6-13-21(19)28(24)23-16(14-26)8-7-9-17(23)15-27/h3-13H,1-2H3. The Labute approximate surface area is 163 Å². The molecule has 0 atom stereocenters. The third kappa shape index (κ3) is 1.91. The third-order valence-electron chi connectivity index (χ3n) is 5.86. The van der Waals surface area contributed by atoms with Gasteiger partial charge >= 0.3 is 0 Å². The lowest BCUT2D eigenvalue weighted by Crippen LogP contribution is -2.14. The Balaban J connectivity index is 2.05. The number of nitrogens with zero attached hydrogens (tertiary/aromatic N) is 3. The van der Waals surface area contributed by atoms with Crippen LogP contribution in [0.5, 0.6) is 0 Å². The molecule has 1 aromatic heterocycles. The summed E-state index contributed by atoms with van der Waals surface area (Å²) in [6, 6.07) is 26.6. The van der Waals surface area contributed by atoms with Gasteiger partial charge < -0.3 is 4.57 Å². The van der Waals surface area contributed by atoms with Gasteiger partial charge in [-0.2, -0.15) is 10.5 Å². The predicted octanol–water partition coefficient (Wildman–Crippen LogP) is 5.68. The van der Waals surface area contributed by atoms with E-state index in [-0.39, 0.29) is 5.41 Å². The molecule has 0 unspecified atom stereocenters. The van der Waals surface area contributed by atoms with Crippen molar-refractivity contribution in [1.82, 2.24) is 4.57 Å². The number of rotatable bonds is 1. The summed E-state index contributed by atoms with van der Waals surface area (Å²) in [5.41, 5.74) is 7.30. The van der Waals surface area contributed by atoms with E-state index in [0.717, 1.165) is 22.2 Å². The summed E-state index contributed by atoms with van der Waals surface area (Å²) in [5.74, 6) is 0. The fourth-order valence-electron chi connectivity index (χ4n) is 4.69. The molecule has 0 amide bonds. The molecule has 0 radical (unpaired) electrons.